The lowest BCUT2D eigenvalue weighted by molar-refractivity contribution is -0.138. The quantitative estimate of drug-likeness (QED) is 0.825. The summed E-state index contributed by atoms with van der Waals surface area (Å²) in [5.74, 6) is 0.831. The summed E-state index contributed by atoms with van der Waals surface area (Å²) in [6.45, 7) is 6.46. The second-order valence-electron chi connectivity index (χ2n) is 7.64. The molecule has 1 spiro atoms. The van der Waals surface area contributed by atoms with E-state index in [9.17, 15) is 9.59 Å². The van der Waals surface area contributed by atoms with Crippen LogP contribution in [0.1, 0.15) is 48.4 Å². The molecule has 0 aromatic carbocycles. The van der Waals surface area contributed by atoms with E-state index in [1.54, 1.807) is 13.0 Å². The van der Waals surface area contributed by atoms with Gasteiger partial charge in [0, 0.05) is 44.3 Å². The van der Waals surface area contributed by atoms with Gasteiger partial charge in [0.1, 0.15) is 5.76 Å². The number of likely N-dealkylation sites (tertiary alicyclic amines) is 3. The lowest BCUT2D eigenvalue weighted by Gasteiger charge is -2.57. The van der Waals surface area contributed by atoms with Gasteiger partial charge < -0.3 is 14.3 Å². The van der Waals surface area contributed by atoms with Gasteiger partial charge in [0.05, 0.1) is 6.54 Å². The van der Waals surface area contributed by atoms with Gasteiger partial charge in [-0.3, -0.25) is 14.5 Å². The lowest BCUT2D eigenvalue weighted by atomic mass is 9.77. The normalized spacial score (nSPS) is 26.9. The Morgan fingerprint density at radius 1 is 1.12 bits per heavy atom. The SMILES string of the molecule is Cc1cc(C(=O)N2CCC[C@@]3(CCN3CC(=O)N3CCCC3)C2)no1. The van der Waals surface area contributed by atoms with Crippen LogP contribution in [0.3, 0.4) is 0 Å². The number of piperidine rings is 1. The zero-order valence-electron chi connectivity index (χ0n) is 14.9. The summed E-state index contributed by atoms with van der Waals surface area (Å²) in [7, 11) is 0. The van der Waals surface area contributed by atoms with Gasteiger partial charge in [-0.25, -0.2) is 0 Å². The largest absolute Gasteiger partial charge is 0.361 e. The van der Waals surface area contributed by atoms with Crippen molar-refractivity contribution in [2.24, 2.45) is 0 Å². The molecule has 7 nitrogen and oxygen atoms in total. The van der Waals surface area contributed by atoms with Gasteiger partial charge in [0.25, 0.3) is 5.91 Å². The molecule has 0 unspecified atom stereocenters. The molecule has 3 saturated heterocycles. The molecule has 3 aliphatic heterocycles. The van der Waals surface area contributed by atoms with Crippen LogP contribution < -0.4 is 0 Å². The number of carbonyl (C=O) groups is 2. The first-order valence-corrected chi connectivity index (χ1v) is 9.33. The van der Waals surface area contributed by atoms with Crippen molar-refractivity contribution < 1.29 is 14.1 Å². The van der Waals surface area contributed by atoms with Gasteiger partial charge in [-0.05, 0) is 39.0 Å². The Bertz CT molecular complexity index is 667. The van der Waals surface area contributed by atoms with E-state index >= 15 is 0 Å². The van der Waals surface area contributed by atoms with Crippen molar-refractivity contribution in [2.45, 2.75) is 44.6 Å². The van der Waals surface area contributed by atoms with Crippen LogP contribution in [0.5, 0.6) is 0 Å². The van der Waals surface area contributed by atoms with Gasteiger partial charge in [-0.15, -0.1) is 0 Å². The van der Waals surface area contributed by atoms with Crippen LogP contribution >= 0.6 is 0 Å². The second-order valence-corrected chi connectivity index (χ2v) is 7.64. The number of aromatic nitrogens is 1. The fourth-order valence-electron chi connectivity index (χ4n) is 4.44. The van der Waals surface area contributed by atoms with Crippen molar-refractivity contribution in [3.63, 3.8) is 0 Å². The van der Waals surface area contributed by atoms with Crippen LogP contribution in [-0.2, 0) is 4.79 Å². The average molecular weight is 346 g/mol. The van der Waals surface area contributed by atoms with Crippen LogP contribution in [0.4, 0.5) is 0 Å². The molecule has 25 heavy (non-hydrogen) atoms. The van der Waals surface area contributed by atoms with Crippen molar-refractivity contribution in [1.82, 2.24) is 19.9 Å². The van der Waals surface area contributed by atoms with Gasteiger partial charge >= 0.3 is 0 Å². The summed E-state index contributed by atoms with van der Waals surface area (Å²) in [6, 6.07) is 1.69. The number of hydrogen-bond donors (Lipinski definition) is 0. The zero-order valence-corrected chi connectivity index (χ0v) is 14.9. The van der Waals surface area contributed by atoms with Gasteiger partial charge in [0.15, 0.2) is 5.69 Å². The Kier molecular flexibility index (Phi) is 4.27. The molecule has 4 rings (SSSR count). The van der Waals surface area contributed by atoms with Crippen LogP contribution in [0.25, 0.3) is 0 Å². The molecular weight excluding hydrogens is 320 g/mol. The molecule has 0 N–H and O–H groups in total. The third-order valence-corrected chi connectivity index (χ3v) is 5.99. The van der Waals surface area contributed by atoms with Crippen LogP contribution in [0.2, 0.25) is 0 Å². The maximum absolute atomic E-state index is 12.7. The first-order chi connectivity index (χ1) is 12.1. The van der Waals surface area contributed by atoms with Crippen LogP contribution in [0.15, 0.2) is 10.6 Å². The minimum atomic E-state index is -0.0614. The first kappa shape index (κ1) is 16.6. The van der Waals surface area contributed by atoms with Crippen LogP contribution in [0, 0.1) is 6.92 Å². The number of carbonyl (C=O) groups excluding carboxylic acids is 2. The van der Waals surface area contributed by atoms with E-state index < -0.39 is 0 Å². The van der Waals surface area contributed by atoms with E-state index in [2.05, 4.69) is 10.1 Å². The molecule has 1 aromatic heterocycles. The van der Waals surface area contributed by atoms with Crippen molar-refractivity contribution >= 4 is 11.8 Å². The maximum Gasteiger partial charge on any atom is 0.276 e. The predicted octanol–water partition coefficient (Wildman–Crippen LogP) is 1.29. The fourth-order valence-corrected chi connectivity index (χ4v) is 4.44. The monoisotopic (exact) mass is 346 g/mol. The second kappa shape index (κ2) is 6.44. The van der Waals surface area contributed by atoms with E-state index in [-0.39, 0.29) is 17.4 Å². The summed E-state index contributed by atoms with van der Waals surface area (Å²) >= 11 is 0. The minimum Gasteiger partial charge on any atom is -0.361 e. The molecule has 136 valence electrons. The van der Waals surface area contributed by atoms with Gasteiger partial charge in [-0.2, -0.15) is 0 Å². The van der Waals surface area contributed by atoms with Gasteiger partial charge in [0.2, 0.25) is 5.91 Å². The summed E-state index contributed by atoms with van der Waals surface area (Å²) in [5.41, 5.74) is 0.357. The summed E-state index contributed by atoms with van der Waals surface area (Å²) in [4.78, 5) is 31.3. The Morgan fingerprint density at radius 3 is 2.52 bits per heavy atom. The van der Waals surface area contributed by atoms with Crippen molar-refractivity contribution in [3.05, 3.63) is 17.5 Å². The molecule has 0 aliphatic carbocycles. The summed E-state index contributed by atoms with van der Waals surface area (Å²) < 4.78 is 5.04. The molecule has 1 aromatic rings. The van der Waals surface area contributed by atoms with Crippen molar-refractivity contribution in [3.8, 4) is 0 Å². The topological polar surface area (TPSA) is 69.9 Å². The minimum absolute atomic E-state index is 0.0257. The Balaban J connectivity index is 1.41. The molecule has 4 heterocycles. The zero-order chi connectivity index (χ0) is 17.4. The maximum atomic E-state index is 12.7. The average Bonchev–Trinajstić information content (AvgIpc) is 3.29. The third-order valence-electron chi connectivity index (χ3n) is 5.99. The molecule has 0 saturated carbocycles. The summed E-state index contributed by atoms with van der Waals surface area (Å²) in [5, 5.41) is 3.86. The number of nitrogens with zero attached hydrogens (tertiary/aromatic N) is 4. The smallest absolute Gasteiger partial charge is 0.276 e. The Hall–Kier alpha value is -1.89. The number of hydrogen-bond acceptors (Lipinski definition) is 5. The van der Waals surface area contributed by atoms with E-state index in [4.69, 9.17) is 4.52 Å². The van der Waals surface area contributed by atoms with E-state index in [0.29, 0.717) is 24.5 Å². The fraction of sp³-hybridized carbons (Fsp3) is 0.722. The van der Waals surface area contributed by atoms with Gasteiger partial charge in [-0.1, -0.05) is 5.16 Å². The molecule has 1 atom stereocenters. The third kappa shape index (κ3) is 3.05. The van der Waals surface area contributed by atoms with E-state index in [0.717, 1.165) is 58.3 Å². The molecular formula is C18H26N4O3. The highest BCUT2D eigenvalue weighted by Crippen LogP contribution is 2.38. The molecule has 0 bridgehead atoms. The van der Waals surface area contributed by atoms with E-state index in [1.165, 1.54) is 0 Å². The first-order valence-electron chi connectivity index (χ1n) is 9.33. The van der Waals surface area contributed by atoms with Crippen LogP contribution in [-0.4, -0.2) is 76.5 Å². The number of amides is 2. The van der Waals surface area contributed by atoms with Crippen molar-refractivity contribution in [2.75, 3.05) is 39.3 Å². The molecule has 7 heteroatoms. The predicted molar refractivity (Wildman–Crippen MR) is 91.1 cm³/mol. The lowest BCUT2D eigenvalue weighted by Crippen LogP contribution is -2.68. The highest BCUT2D eigenvalue weighted by Gasteiger charge is 2.49. The summed E-state index contributed by atoms with van der Waals surface area (Å²) in [6.07, 6.45) is 5.33. The van der Waals surface area contributed by atoms with E-state index in [1.807, 2.05) is 9.80 Å². The Morgan fingerprint density at radius 2 is 1.88 bits per heavy atom. The Labute approximate surface area is 147 Å². The number of aryl methyl sites for hydroxylation is 1. The standard InChI is InChI=1S/C18H26N4O3/c1-14-11-15(19-25-14)17(24)21-9-4-5-18(13-21)6-10-22(18)12-16(23)20-7-2-3-8-20/h11H,2-10,12-13H2,1H3/t18-/m1/s1. The molecule has 2 amide bonds. The molecule has 3 aliphatic rings. The number of rotatable bonds is 3. The molecule has 3 fully saturated rings. The van der Waals surface area contributed by atoms with Crippen molar-refractivity contribution in [1.29, 1.82) is 0 Å². The molecule has 0 radical (unpaired) electrons. The highest BCUT2D eigenvalue weighted by atomic mass is 16.5. The highest BCUT2D eigenvalue weighted by molar-refractivity contribution is 5.92.